The van der Waals surface area contributed by atoms with E-state index in [1.54, 1.807) is 0 Å². The zero-order valence-electron chi connectivity index (χ0n) is 9.72. The van der Waals surface area contributed by atoms with E-state index < -0.39 is 0 Å². The minimum atomic E-state index is -0.128. The zero-order chi connectivity index (χ0) is 11.1. The Morgan fingerprint density at radius 1 is 1.27 bits per heavy atom. The van der Waals surface area contributed by atoms with E-state index >= 15 is 0 Å². The summed E-state index contributed by atoms with van der Waals surface area (Å²) in [7, 11) is 0. The van der Waals surface area contributed by atoms with E-state index in [1.807, 2.05) is 0 Å². The molecule has 0 aromatic carbocycles. The fraction of sp³-hybridized carbons (Fsp3) is 0.917. The van der Waals surface area contributed by atoms with E-state index in [4.69, 9.17) is 5.11 Å². The van der Waals surface area contributed by atoms with Gasteiger partial charge in [-0.3, -0.25) is 4.79 Å². The molecular weight excluding hydrogens is 190 g/mol. The summed E-state index contributed by atoms with van der Waals surface area (Å²) in [6.45, 7) is 3.00. The fourth-order valence-electron chi connectivity index (χ4n) is 2.21. The monoisotopic (exact) mass is 213 g/mol. The second kappa shape index (κ2) is 6.11. The predicted molar refractivity (Wildman–Crippen MR) is 60.5 cm³/mol. The first-order chi connectivity index (χ1) is 7.19. The number of hydrogen-bond donors (Lipinski definition) is 2. The second-order valence-corrected chi connectivity index (χ2v) is 4.81. The third kappa shape index (κ3) is 3.82. The number of hydrogen-bond acceptors (Lipinski definition) is 2. The molecule has 1 saturated carbocycles. The Morgan fingerprint density at radius 3 is 2.53 bits per heavy atom. The first-order valence-electron chi connectivity index (χ1n) is 6.08. The van der Waals surface area contributed by atoms with E-state index in [0.717, 1.165) is 25.7 Å². The van der Waals surface area contributed by atoms with E-state index in [9.17, 15) is 4.79 Å². The summed E-state index contributed by atoms with van der Waals surface area (Å²) in [5.74, 6) is 0.208. The molecule has 1 aliphatic rings. The summed E-state index contributed by atoms with van der Waals surface area (Å²) in [4.78, 5) is 11.9. The smallest absolute Gasteiger partial charge is 0.225 e. The van der Waals surface area contributed by atoms with E-state index in [2.05, 4.69) is 12.2 Å². The van der Waals surface area contributed by atoms with Gasteiger partial charge >= 0.3 is 0 Å². The van der Waals surface area contributed by atoms with Crippen molar-refractivity contribution in [3.05, 3.63) is 0 Å². The molecule has 1 rings (SSSR count). The first kappa shape index (κ1) is 12.5. The van der Waals surface area contributed by atoms with E-state index in [-0.39, 0.29) is 17.9 Å². The molecule has 3 heteroatoms. The van der Waals surface area contributed by atoms with Gasteiger partial charge in [-0.1, -0.05) is 26.2 Å². The molecule has 1 amide bonds. The molecule has 15 heavy (non-hydrogen) atoms. The van der Waals surface area contributed by atoms with Gasteiger partial charge in [-0.2, -0.15) is 0 Å². The SMILES string of the molecule is CC1(C(=O)NCCCCO)CCCCC1. The topological polar surface area (TPSA) is 49.3 Å². The van der Waals surface area contributed by atoms with Crippen LogP contribution < -0.4 is 5.32 Å². The van der Waals surface area contributed by atoms with Crippen molar-refractivity contribution in [1.29, 1.82) is 0 Å². The van der Waals surface area contributed by atoms with Gasteiger partial charge in [-0.15, -0.1) is 0 Å². The number of rotatable bonds is 5. The Bertz CT molecular complexity index is 198. The predicted octanol–water partition coefficient (Wildman–Crippen LogP) is 1.85. The number of carbonyl (C=O) groups is 1. The highest BCUT2D eigenvalue weighted by Gasteiger charge is 2.33. The van der Waals surface area contributed by atoms with Crippen LogP contribution in [0, 0.1) is 5.41 Å². The first-order valence-corrected chi connectivity index (χ1v) is 6.08. The van der Waals surface area contributed by atoms with Crippen LogP contribution in [0.2, 0.25) is 0 Å². The molecule has 3 nitrogen and oxygen atoms in total. The van der Waals surface area contributed by atoms with E-state index in [0.29, 0.717) is 6.54 Å². The number of nitrogens with one attached hydrogen (secondary N) is 1. The summed E-state index contributed by atoms with van der Waals surface area (Å²) < 4.78 is 0. The number of aliphatic hydroxyl groups excluding tert-OH is 1. The maximum atomic E-state index is 11.9. The van der Waals surface area contributed by atoms with Gasteiger partial charge in [0.15, 0.2) is 0 Å². The van der Waals surface area contributed by atoms with Crippen LogP contribution in [0.1, 0.15) is 51.9 Å². The second-order valence-electron chi connectivity index (χ2n) is 4.81. The van der Waals surface area contributed by atoms with Crippen LogP contribution in [-0.2, 0) is 4.79 Å². The van der Waals surface area contributed by atoms with Gasteiger partial charge < -0.3 is 10.4 Å². The van der Waals surface area contributed by atoms with Crippen molar-refractivity contribution in [3.8, 4) is 0 Å². The number of amides is 1. The average molecular weight is 213 g/mol. The summed E-state index contributed by atoms with van der Waals surface area (Å²) in [5, 5.41) is 11.6. The Balaban J connectivity index is 2.25. The molecule has 0 heterocycles. The molecule has 2 N–H and O–H groups in total. The van der Waals surface area contributed by atoms with Gasteiger partial charge in [-0.05, 0) is 25.7 Å². The molecule has 0 saturated heterocycles. The van der Waals surface area contributed by atoms with Crippen molar-refractivity contribution in [3.63, 3.8) is 0 Å². The van der Waals surface area contributed by atoms with Crippen molar-refractivity contribution in [2.75, 3.05) is 13.2 Å². The minimum absolute atomic E-state index is 0.128. The van der Waals surface area contributed by atoms with Crippen molar-refractivity contribution in [2.45, 2.75) is 51.9 Å². The van der Waals surface area contributed by atoms with Crippen molar-refractivity contribution in [2.24, 2.45) is 5.41 Å². The largest absolute Gasteiger partial charge is 0.396 e. The average Bonchev–Trinajstić information content (AvgIpc) is 2.25. The summed E-state index contributed by atoms with van der Waals surface area (Å²) in [6, 6.07) is 0. The van der Waals surface area contributed by atoms with Gasteiger partial charge in [0.05, 0.1) is 0 Å². The number of aliphatic hydroxyl groups is 1. The van der Waals surface area contributed by atoms with Crippen LogP contribution in [0.15, 0.2) is 0 Å². The van der Waals surface area contributed by atoms with Crippen LogP contribution >= 0.6 is 0 Å². The van der Waals surface area contributed by atoms with Crippen molar-refractivity contribution in [1.82, 2.24) is 5.32 Å². The Labute approximate surface area is 92.3 Å². The number of unbranched alkanes of at least 4 members (excludes halogenated alkanes) is 1. The molecule has 0 radical (unpaired) electrons. The summed E-state index contributed by atoms with van der Waals surface area (Å²) in [5.41, 5.74) is -0.128. The van der Waals surface area contributed by atoms with Crippen LogP contribution in [0.3, 0.4) is 0 Å². The highest BCUT2D eigenvalue weighted by atomic mass is 16.2. The maximum Gasteiger partial charge on any atom is 0.225 e. The Morgan fingerprint density at radius 2 is 1.93 bits per heavy atom. The molecular formula is C12H23NO2. The molecule has 0 unspecified atom stereocenters. The lowest BCUT2D eigenvalue weighted by molar-refractivity contribution is -0.131. The van der Waals surface area contributed by atoms with E-state index in [1.165, 1.54) is 19.3 Å². The zero-order valence-corrected chi connectivity index (χ0v) is 9.72. The van der Waals surface area contributed by atoms with Gasteiger partial charge in [0.1, 0.15) is 0 Å². The third-order valence-corrected chi connectivity index (χ3v) is 3.38. The standard InChI is InChI=1S/C12H23NO2/c1-12(7-3-2-4-8-12)11(15)13-9-5-6-10-14/h14H,2-10H2,1H3,(H,13,15). The molecule has 0 atom stereocenters. The lowest BCUT2D eigenvalue weighted by atomic mass is 9.75. The molecule has 0 aliphatic heterocycles. The van der Waals surface area contributed by atoms with Gasteiger partial charge in [0.2, 0.25) is 5.91 Å². The normalized spacial score (nSPS) is 19.9. The minimum Gasteiger partial charge on any atom is -0.396 e. The third-order valence-electron chi connectivity index (χ3n) is 3.38. The highest BCUT2D eigenvalue weighted by molar-refractivity contribution is 5.82. The van der Waals surface area contributed by atoms with Gasteiger partial charge in [0, 0.05) is 18.6 Å². The van der Waals surface area contributed by atoms with Crippen molar-refractivity contribution >= 4 is 5.91 Å². The number of carbonyl (C=O) groups excluding carboxylic acids is 1. The van der Waals surface area contributed by atoms with Crippen LogP contribution in [-0.4, -0.2) is 24.2 Å². The van der Waals surface area contributed by atoms with Gasteiger partial charge in [-0.25, -0.2) is 0 Å². The molecule has 0 bridgehead atoms. The molecule has 88 valence electrons. The molecule has 0 aromatic heterocycles. The Hall–Kier alpha value is -0.570. The highest BCUT2D eigenvalue weighted by Crippen LogP contribution is 2.35. The molecule has 1 fully saturated rings. The lowest BCUT2D eigenvalue weighted by Crippen LogP contribution is -2.40. The van der Waals surface area contributed by atoms with Crippen LogP contribution in [0.5, 0.6) is 0 Å². The van der Waals surface area contributed by atoms with Crippen molar-refractivity contribution < 1.29 is 9.90 Å². The molecule has 0 spiro atoms. The van der Waals surface area contributed by atoms with Gasteiger partial charge in [0.25, 0.3) is 0 Å². The van der Waals surface area contributed by atoms with Crippen LogP contribution in [0.25, 0.3) is 0 Å². The maximum absolute atomic E-state index is 11.9. The summed E-state index contributed by atoms with van der Waals surface area (Å²) >= 11 is 0. The van der Waals surface area contributed by atoms with Crippen LogP contribution in [0.4, 0.5) is 0 Å². The quantitative estimate of drug-likeness (QED) is 0.685. The molecule has 0 aromatic rings. The summed E-state index contributed by atoms with van der Waals surface area (Å²) in [6.07, 6.45) is 7.33. The Kier molecular flexibility index (Phi) is 5.09. The lowest BCUT2D eigenvalue weighted by Gasteiger charge is -2.32. The fourth-order valence-corrected chi connectivity index (χ4v) is 2.21. The molecule has 1 aliphatic carbocycles.